The molecule has 0 rings (SSSR count). The van der Waals surface area contributed by atoms with Gasteiger partial charge in [-0.25, -0.2) is 0 Å². The number of rotatable bonds is 13. The SMILES string of the molecule is CCCCCCCCCCCC(=O)CC(C)(N)C(=O)O.[NaH]. The van der Waals surface area contributed by atoms with E-state index in [1.165, 1.54) is 45.4 Å². The fourth-order valence-electron chi connectivity index (χ4n) is 2.21. The molecule has 4 nitrogen and oxygen atoms in total. The van der Waals surface area contributed by atoms with E-state index in [0.717, 1.165) is 19.3 Å². The minimum atomic E-state index is -1.42. The van der Waals surface area contributed by atoms with Crippen LogP contribution >= 0.6 is 0 Å². The Morgan fingerprint density at radius 2 is 1.38 bits per heavy atom. The third kappa shape index (κ3) is 13.5. The van der Waals surface area contributed by atoms with Crippen molar-refractivity contribution in [3.63, 3.8) is 0 Å². The van der Waals surface area contributed by atoms with E-state index in [0.29, 0.717) is 6.42 Å². The van der Waals surface area contributed by atoms with Gasteiger partial charge < -0.3 is 10.8 Å². The van der Waals surface area contributed by atoms with Crippen molar-refractivity contribution in [1.82, 2.24) is 0 Å². The van der Waals surface area contributed by atoms with Crippen LogP contribution in [0, 0.1) is 0 Å². The van der Waals surface area contributed by atoms with Gasteiger partial charge in [0.05, 0.1) is 0 Å². The average molecular weight is 309 g/mol. The van der Waals surface area contributed by atoms with E-state index in [1.54, 1.807) is 0 Å². The van der Waals surface area contributed by atoms with Crippen LogP contribution in [0.1, 0.15) is 84.5 Å². The van der Waals surface area contributed by atoms with Crippen LogP contribution in [0.15, 0.2) is 0 Å². The minimum absolute atomic E-state index is 0. The molecule has 0 aliphatic heterocycles. The van der Waals surface area contributed by atoms with E-state index in [2.05, 4.69) is 6.92 Å². The predicted molar refractivity (Wildman–Crippen MR) is 88.8 cm³/mol. The van der Waals surface area contributed by atoms with Gasteiger partial charge >= 0.3 is 35.5 Å². The van der Waals surface area contributed by atoms with Crippen LogP contribution in [0.5, 0.6) is 0 Å². The summed E-state index contributed by atoms with van der Waals surface area (Å²) >= 11 is 0. The van der Waals surface area contributed by atoms with E-state index in [1.807, 2.05) is 0 Å². The van der Waals surface area contributed by atoms with Gasteiger partial charge in [0.2, 0.25) is 0 Å². The Hall–Kier alpha value is 0.100. The summed E-state index contributed by atoms with van der Waals surface area (Å²) in [6.45, 7) is 3.61. The third-order valence-corrected chi connectivity index (χ3v) is 3.61. The number of carbonyl (C=O) groups excluding carboxylic acids is 1. The Labute approximate surface area is 151 Å². The number of carbonyl (C=O) groups is 2. The fourth-order valence-corrected chi connectivity index (χ4v) is 2.21. The zero-order chi connectivity index (χ0) is 15.4. The molecule has 1 atom stereocenters. The average Bonchev–Trinajstić information content (AvgIpc) is 2.36. The van der Waals surface area contributed by atoms with Crippen molar-refractivity contribution in [3.05, 3.63) is 0 Å². The molecule has 1 unspecified atom stereocenters. The van der Waals surface area contributed by atoms with Crippen molar-refractivity contribution in [2.45, 2.75) is 90.0 Å². The van der Waals surface area contributed by atoms with Crippen LogP contribution in [-0.2, 0) is 9.59 Å². The Bertz CT molecular complexity index is 293. The van der Waals surface area contributed by atoms with Gasteiger partial charge in [0.1, 0.15) is 11.3 Å². The van der Waals surface area contributed by atoms with Crippen molar-refractivity contribution >= 4 is 41.3 Å². The van der Waals surface area contributed by atoms with Crippen LogP contribution in [0.4, 0.5) is 0 Å². The number of carboxylic acid groups (broad SMARTS) is 1. The number of ketones is 1. The van der Waals surface area contributed by atoms with Gasteiger partial charge in [0.25, 0.3) is 0 Å². The van der Waals surface area contributed by atoms with Crippen LogP contribution in [0.25, 0.3) is 0 Å². The first kappa shape index (κ1) is 23.4. The standard InChI is InChI=1S/C16H31NO3.Na.H/c1-3-4-5-6-7-8-9-10-11-12-14(18)13-16(2,17)15(19)20;;/h3-13,17H2,1-2H3,(H,19,20);;. The molecular formula is C16H32NNaO3. The maximum atomic E-state index is 11.6. The topological polar surface area (TPSA) is 80.4 Å². The van der Waals surface area contributed by atoms with Gasteiger partial charge in [-0.15, -0.1) is 0 Å². The second-order valence-electron chi connectivity index (χ2n) is 6.02. The summed E-state index contributed by atoms with van der Waals surface area (Å²) < 4.78 is 0. The first-order valence-corrected chi connectivity index (χ1v) is 7.94. The molecule has 3 N–H and O–H groups in total. The Morgan fingerprint density at radius 3 is 1.81 bits per heavy atom. The van der Waals surface area contributed by atoms with Gasteiger partial charge in [-0.1, -0.05) is 58.3 Å². The summed E-state index contributed by atoms with van der Waals surface area (Å²) in [4.78, 5) is 22.4. The van der Waals surface area contributed by atoms with Gasteiger partial charge in [-0.3, -0.25) is 9.59 Å². The second-order valence-corrected chi connectivity index (χ2v) is 6.02. The molecule has 0 amide bonds. The fraction of sp³-hybridized carbons (Fsp3) is 0.875. The molecule has 0 aromatic rings. The molecule has 5 heteroatoms. The molecule has 21 heavy (non-hydrogen) atoms. The normalized spacial score (nSPS) is 13.3. The van der Waals surface area contributed by atoms with Gasteiger partial charge in [-0.05, 0) is 13.3 Å². The Morgan fingerprint density at radius 1 is 0.952 bits per heavy atom. The second kappa shape index (κ2) is 13.7. The van der Waals surface area contributed by atoms with E-state index in [-0.39, 0.29) is 41.8 Å². The first-order valence-electron chi connectivity index (χ1n) is 7.94. The third-order valence-electron chi connectivity index (χ3n) is 3.61. The van der Waals surface area contributed by atoms with E-state index in [4.69, 9.17) is 10.8 Å². The predicted octanol–water partition coefficient (Wildman–Crippen LogP) is 3.02. The molecule has 0 aromatic carbocycles. The van der Waals surface area contributed by atoms with Crippen molar-refractivity contribution in [2.24, 2.45) is 5.73 Å². The van der Waals surface area contributed by atoms with Crippen LogP contribution < -0.4 is 5.73 Å². The number of unbranched alkanes of at least 4 members (excludes halogenated alkanes) is 8. The molecule has 0 aliphatic rings. The summed E-state index contributed by atoms with van der Waals surface area (Å²) in [5, 5.41) is 8.84. The van der Waals surface area contributed by atoms with Crippen molar-refractivity contribution < 1.29 is 14.7 Å². The number of hydrogen-bond acceptors (Lipinski definition) is 3. The van der Waals surface area contributed by atoms with Crippen LogP contribution in [0.2, 0.25) is 0 Å². The quantitative estimate of drug-likeness (QED) is 0.405. The molecule has 0 aromatic heterocycles. The zero-order valence-electron chi connectivity index (χ0n) is 13.1. The Kier molecular flexibility index (Phi) is 15.3. The van der Waals surface area contributed by atoms with E-state index < -0.39 is 11.5 Å². The number of Topliss-reactive ketones (excluding diaryl/α,β-unsaturated/α-hetero) is 1. The summed E-state index contributed by atoms with van der Waals surface area (Å²) in [6, 6.07) is 0. The molecule has 0 aliphatic carbocycles. The molecule has 0 saturated carbocycles. The summed E-state index contributed by atoms with van der Waals surface area (Å²) in [5.74, 6) is -1.15. The van der Waals surface area contributed by atoms with Gasteiger partial charge in [0.15, 0.2) is 0 Å². The number of aliphatic carboxylic acids is 1. The zero-order valence-corrected chi connectivity index (χ0v) is 13.1. The number of nitrogens with two attached hydrogens (primary N) is 1. The molecule has 0 bridgehead atoms. The van der Waals surface area contributed by atoms with Crippen molar-refractivity contribution in [3.8, 4) is 0 Å². The van der Waals surface area contributed by atoms with E-state index in [9.17, 15) is 9.59 Å². The molecular weight excluding hydrogens is 277 g/mol. The summed E-state index contributed by atoms with van der Waals surface area (Å²) in [5.41, 5.74) is 4.13. The van der Waals surface area contributed by atoms with Crippen LogP contribution in [0.3, 0.4) is 0 Å². The maximum absolute atomic E-state index is 11.6. The summed E-state index contributed by atoms with van der Waals surface area (Å²) in [6.07, 6.45) is 11.2. The molecule has 0 saturated heterocycles. The number of hydrogen-bond donors (Lipinski definition) is 2. The molecule has 120 valence electrons. The molecule has 0 fully saturated rings. The van der Waals surface area contributed by atoms with Crippen molar-refractivity contribution in [1.29, 1.82) is 0 Å². The summed E-state index contributed by atoms with van der Waals surface area (Å²) in [7, 11) is 0. The monoisotopic (exact) mass is 309 g/mol. The van der Waals surface area contributed by atoms with Crippen molar-refractivity contribution in [2.75, 3.05) is 0 Å². The Balaban J connectivity index is 0. The number of carboxylic acids is 1. The van der Waals surface area contributed by atoms with Gasteiger partial charge in [-0.2, -0.15) is 0 Å². The molecule has 0 spiro atoms. The van der Waals surface area contributed by atoms with E-state index >= 15 is 0 Å². The van der Waals surface area contributed by atoms with Gasteiger partial charge in [0, 0.05) is 12.8 Å². The first-order chi connectivity index (χ1) is 9.40. The molecule has 0 radical (unpaired) electrons. The van der Waals surface area contributed by atoms with Crippen LogP contribution in [-0.4, -0.2) is 52.0 Å². The molecule has 0 heterocycles.